The molecule has 0 bridgehead atoms. The van der Waals surface area contributed by atoms with Crippen LogP contribution in [0.5, 0.6) is 0 Å². The standard InChI is InChI=1S/C18H26F3N3O3/c1-23(2)10-17(26)22-14-5-11-7-24(8-12(11)6-15(14)25)9-13-3-4-16(27-13)18(19,20)21/h3-4,11-12,14-15,25H,5-10H2,1-2H3,(H,22,26)/t11-,12+,14-,15-/m0/s1. The van der Waals surface area contributed by atoms with Crippen LogP contribution in [0.1, 0.15) is 24.4 Å². The molecule has 2 aliphatic rings. The first-order valence-corrected chi connectivity index (χ1v) is 9.12. The van der Waals surface area contributed by atoms with Crippen LogP contribution in [0.4, 0.5) is 13.2 Å². The number of halogens is 3. The van der Waals surface area contributed by atoms with Crippen LogP contribution in [0, 0.1) is 11.8 Å². The molecule has 1 aliphatic heterocycles. The molecule has 1 aromatic heterocycles. The number of furan rings is 1. The summed E-state index contributed by atoms with van der Waals surface area (Å²) in [4.78, 5) is 15.8. The highest BCUT2D eigenvalue weighted by molar-refractivity contribution is 5.78. The van der Waals surface area contributed by atoms with Gasteiger partial charge in [0.25, 0.3) is 0 Å². The molecule has 1 saturated carbocycles. The molecule has 1 aliphatic carbocycles. The monoisotopic (exact) mass is 389 g/mol. The molecule has 1 amide bonds. The minimum Gasteiger partial charge on any atom is -0.455 e. The van der Waals surface area contributed by atoms with E-state index in [-0.39, 0.29) is 30.2 Å². The average Bonchev–Trinajstić information content (AvgIpc) is 3.13. The molecule has 2 fully saturated rings. The number of amides is 1. The van der Waals surface area contributed by atoms with Gasteiger partial charge < -0.3 is 19.7 Å². The maximum Gasteiger partial charge on any atom is 0.449 e. The summed E-state index contributed by atoms with van der Waals surface area (Å²) in [6, 6.07) is 2.04. The van der Waals surface area contributed by atoms with Gasteiger partial charge in [-0.15, -0.1) is 0 Å². The Balaban J connectivity index is 1.55. The van der Waals surface area contributed by atoms with Crippen molar-refractivity contribution < 1.29 is 27.5 Å². The smallest absolute Gasteiger partial charge is 0.449 e. The Morgan fingerprint density at radius 2 is 1.96 bits per heavy atom. The number of aliphatic hydroxyl groups excluding tert-OH is 1. The Bertz CT molecular complexity index is 662. The number of nitrogens with one attached hydrogen (secondary N) is 1. The van der Waals surface area contributed by atoms with E-state index in [1.165, 1.54) is 6.07 Å². The van der Waals surface area contributed by atoms with E-state index in [0.29, 0.717) is 31.8 Å². The Hall–Kier alpha value is -1.58. The number of carbonyl (C=O) groups excluding carboxylic acids is 1. The van der Waals surface area contributed by atoms with Crippen molar-refractivity contribution in [3.8, 4) is 0 Å². The summed E-state index contributed by atoms with van der Waals surface area (Å²) in [7, 11) is 3.61. The minimum atomic E-state index is -4.47. The lowest BCUT2D eigenvalue weighted by atomic mass is 9.77. The van der Waals surface area contributed by atoms with Gasteiger partial charge in [-0.2, -0.15) is 13.2 Å². The third kappa shape index (κ3) is 5.03. The lowest BCUT2D eigenvalue weighted by Crippen LogP contribution is -2.51. The molecule has 1 saturated heterocycles. The zero-order valence-electron chi connectivity index (χ0n) is 15.5. The fourth-order valence-electron chi connectivity index (χ4n) is 4.19. The summed E-state index contributed by atoms with van der Waals surface area (Å²) in [5.74, 6) is -0.229. The molecular formula is C18H26F3N3O3. The molecule has 3 rings (SSSR count). The van der Waals surface area contributed by atoms with Gasteiger partial charge in [0.2, 0.25) is 11.7 Å². The van der Waals surface area contributed by atoms with Gasteiger partial charge in [0.1, 0.15) is 5.76 Å². The quantitative estimate of drug-likeness (QED) is 0.800. The topological polar surface area (TPSA) is 69.0 Å². The van der Waals surface area contributed by atoms with Gasteiger partial charge in [-0.25, -0.2) is 0 Å². The van der Waals surface area contributed by atoms with Gasteiger partial charge in [0.05, 0.1) is 25.2 Å². The first-order chi connectivity index (χ1) is 12.6. The van der Waals surface area contributed by atoms with Crippen molar-refractivity contribution in [2.75, 3.05) is 33.7 Å². The van der Waals surface area contributed by atoms with Crippen LogP contribution in [0.3, 0.4) is 0 Å². The SMILES string of the molecule is CN(C)CC(=O)N[C@H]1C[C@H]2CN(Cc3ccc(C(F)(F)F)o3)C[C@H]2C[C@@H]1O. The van der Waals surface area contributed by atoms with E-state index in [9.17, 15) is 23.1 Å². The molecule has 0 aromatic carbocycles. The highest BCUT2D eigenvalue weighted by Crippen LogP contribution is 2.37. The van der Waals surface area contributed by atoms with Crippen LogP contribution in [0.25, 0.3) is 0 Å². The van der Waals surface area contributed by atoms with Crippen LogP contribution in [0.15, 0.2) is 16.5 Å². The van der Waals surface area contributed by atoms with E-state index in [1.54, 1.807) is 19.0 Å². The van der Waals surface area contributed by atoms with Gasteiger partial charge in [-0.05, 0) is 50.9 Å². The van der Waals surface area contributed by atoms with Crippen molar-refractivity contribution in [3.05, 3.63) is 23.7 Å². The first-order valence-electron chi connectivity index (χ1n) is 9.12. The summed E-state index contributed by atoms with van der Waals surface area (Å²) >= 11 is 0. The van der Waals surface area contributed by atoms with E-state index < -0.39 is 18.0 Å². The lowest BCUT2D eigenvalue weighted by Gasteiger charge is -2.35. The zero-order valence-corrected chi connectivity index (χ0v) is 15.5. The van der Waals surface area contributed by atoms with Crippen LogP contribution >= 0.6 is 0 Å². The number of hydrogen-bond acceptors (Lipinski definition) is 5. The maximum atomic E-state index is 12.7. The van der Waals surface area contributed by atoms with E-state index in [4.69, 9.17) is 4.42 Å². The van der Waals surface area contributed by atoms with Crippen molar-refractivity contribution in [2.45, 2.75) is 37.7 Å². The minimum absolute atomic E-state index is 0.118. The fraction of sp³-hybridized carbons (Fsp3) is 0.722. The third-order valence-corrected chi connectivity index (χ3v) is 5.34. The number of alkyl halides is 3. The highest BCUT2D eigenvalue weighted by atomic mass is 19.4. The fourth-order valence-corrected chi connectivity index (χ4v) is 4.19. The number of likely N-dealkylation sites (tertiary alicyclic amines) is 1. The second kappa shape index (κ2) is 7.81. The molecule has 0 unspecified atom stereocenters. The van der Waals surface area contributed by atoms with Crippen LogP contribution in [0.2, 0.25) is 0 Å². The average molecular weight is 389 g/mol. The maximum absolute atomic E-state index is 12.7. The van der Waals surface area contributed by atoms with Gasteiger partial charge in [-0.1, -0.05) is 0 Å². The summed E-state index contributed by atoms with van der Waals surface area (Å²) in [6.45, 7) is 2.02. The van der Waals surface area contributed by atoms with E-state index >= 15 is 0 Å². The molecule has 0 radical (unpaired) electrons. The van der Waals surface area contributed by atoms with Crippen molar-refractivity contribution in [2.24, 2.45) is 11.8 Å². The number of aliphatic hydroxyl groups is 1. The van der Waals surface area contributed by atoms with Crippen molar-refractivity contribution in [3.63, 3.8) is 0 Å². The summed E-state index contributed by atoms with van der Waals surface area (Å²) in [6.07, 6.45) is -3.81. The molecule has 1 aromatic rings. The van der Waals surface area contributed by atoms with Gasteiger partial charge in [-0.3, -0.25) is 9.69 Å². The van der Waals surface area contributed by atoms with Gasteiger partial charge in [0.15, 0.2) is 0 Å². The normalized spacial score (nSPS) is 29.1. The summed E-state index contributed by atoms with van der Waals surface area (Å²) in [5, 5.41) is 13.3. The van der Waals surface area contributed by atoms with Crippen molar-refractivity contribution in [1.82, 2.24) is 15.1 Å². The summed E-state index contributed by atoms with van der Waals surface area (Å²) in [5.41, 5.74) is 0. The molecule has 9 heteroatoms. The molecule has 2 heterocycles. The van der Waals surface area contributed by atoms with E-state index in [0.717, 1.165) is 12.6 Å². The van der Waals surface area contributed by atoms with E-state index in [1.807, 2.05) is 0 Å². The first kappa shape index (κ1) is 20.2. The van der Waals surface area contributed by atoms with Crippen molar-refractivity contribution >= 4 is 5.91 Å². The number of fused-ring (bicyclic) bond motifs is 1. The Kier molecular flexibility index (Phi) is 5.83. The van der Waals surface area contributed by atoms with Crippen LogP contribution in [-0.4, -0.2) is 66.7 Å². The zero-order chi connectivity index (χ0) is 19.8. The Morgan fingerprint density at radius 1 is 1.30 bits per heavy atom. The van der Waals surface area contributed by atoms with Gasteiger partial charge in [0, 0.05) is 13.1 Å². The number of hydrogen-bond donors (Lipinski definition) is 2. The molecule has 152 valence electrons. The second-order valence-electron chi connectivity index (χ2n) is 7.93. The Labute approximate surface area is 156 Å². The molecule has 0 spiro atoms. The number of rotatable bonds is 5. The van der Waals surface area contributed by atoms with Crippen molar-refractivity contribution in [1.29, 1.82) is 0 Å². The molecule has 27 heavy (non-hydrogen) atoms. The Morgan fingerprint density at radius 3 is 2.56 bits per heavy atom. The number of nitrogens with zero attached hydrogens (tertiary/aromatic N) is 2. The largest absolute Gasteiger partial charge is 0.455 e. The van der Waals surface area contributed by atoms with E-state index in [2.05, 4.69) is 10.2 Å². The molecular weight excluding hydrogens is 363 g/mol. The lowest BCUT2D eigenvalue weighted by molar-refractivity contribution is -0.153. The second-order valence-corrected chi connectivity index (χ2v) is 7.93. The predicted molar refractivity (Wildman–Crippen MR) is 91.7 cm³/mol. The van der Waals surface area contributed by atoms with Gasteiger partial charge >= 0.3 is 6.18 Å². The molecule has 4 atom stereocenters. The summed E-state index contributed by atoms with van der Waals surface area (Å²) < 4.78 is 42.9. The third-order valence-electron chi connectivity index (χ3n) is 5.34. The van der Waals surface area contributed by atoms with Crippen LogP contribution in [-0.2, 0) is 17.5 Å². The molecule has 2 N–H and O–H groups in total. The number of likely N-dealkylation sites (N-methyl/N-ethyl adjacent to an activating group) is 1. The predicted octanol–water partition coefficient (Wildman–Crippen LogP) is 1.55. The number of carbonyl (C=O) groups is 1. The highest BCUT2D eigenvalue weighted by Gasteiger charge is 2.42. The van der Waals surface area contributed by atoms with Crippen LogP contribution < -0.4 is 5.32 Å². The molecule has 6 nitrogen and oxygen atoms in total.